The number of carboxylic acid groups (broad SMARTS) is 1. The molecule has 1 fully saturated rings. The van der Waals surface area contributed by atoms with Crippen LogP contribution in [-0.4, -0.2) is 27.8 Å². The molecular formula is C15H24N2O4. The monoisotopic (exact) mass is 296 g/mol. The van der Waals surface area contributed by atoms with Crippen molar-refractivity contribution in [3.05, 3.63) is 11.7 Å². The summed E-state index contributed by atoms with van der Waals surface area (Å²) < 4.78 is 11.3. The van der Waals surface area contributed by atoms with Crippen LogP contribution in [0.5, 0.6) is 0 Å². The van der Waals surface area contributed by atoms with Crippen molar-refractivity contribution in [2.75, 3.05) is 6.61 Å². The number of rotatable bonds is 7. The highest BCUT2D eigenvalue weighted by atomic mass is 16.5. The van der Waals surface area contributed by atoms with Gasteiger partial charge in [0, 0.05) is 12.5 Å². The van der Waals surface area contributed by atoms with Crippen molar-refractivity contribution in [2.45, 2.75) is 64.4 Å². The van der Waals surface area contributed by atoms with E-state index in [0.29, 0.717) is 31.2 Å². The van der Waals surface area contributed by atoms with Crippen molar-refractivity contribution in [3.8, 4) is 0 Å². The lowest BCUT2D eigenvalue weighted by molar-refractivity contribution is -0.141. The van der Waals surface area contributed by atoms with Crippen molar-refractivity contribution >= 4 is 5.97 Å². The van der Waals surface area contributed by atoms with Gasteiger partial charge in [-0.1, -0.05) is 19.0 Å². The number of nitrogens with zero attached hydrogens (tertiary/aromatic N) is 2. The molecule has 2 rings (SSSR count). The molecule has 0 aliphatic heterocycles. The number of aliphatic carboxylic acids is 1. The minimum absolute atomic E-state index is 0.0559. The first kappa shape index (κ1) is 15.9. The Hall–Kier alpha value is -1.43. The van der Waals surface area contributed by atoms with Crippen LogP contribution in [0.25, 0.3) is 0 Å². The molecule has 0 spiro atoms. The summed E-state index contributed by atoms with van der Waals surface area (Å²) in [4.78, 5) is 15.6. The average Bonchev–Trinajstić information content (AvgIpc) is 3.13. The number of carboxylic acids is 1. The SMILES string of the molecule is CCOC(CC)(CC)c1noc(C2CCC(C(=O)O)C2)n1. The standard InChI is InChI=1S/C15H24N2O4/c1-4-15(5-2,20-6-3)14-16-12(21-17-14)10-7-8-11(9-10)13(18)19/h10-11H,4-9H2,1-3H3,(H,18,19). The van der Waals surface area contributed by atoms with Crippen LogP contribution in [0.1, 0.15) is 70.5 Å². The minimum Gasteiger partial charge on any atom is -0.481 e. The summed E-state index contributed by atoms with van der Waals surface area (Å²) >= 11 is 0. The predicted molar refractivity (Wildman–Crippen MR) is 75.9 cm³/mol. The molecule has 0 amide bonds. The number of hydrogen-bond donors (Lipinski definition) is 1. The fraction of sp³-hybridized carbons (Fsp3) is 0.800. The molecule has 2 unspecified atom stereocenters. The maximum atomic E-state index is 11.0. The maximum Gasteiger partial charge on any atom is 0.306 e. The van der Waals surface area contributed by atoms with Crippen LogP contribution >= 0.6 is 0 Å². The van der Waals surface area contributed by atoms with Crippen molar-refractivity contribution in [1.29, 1.82) is 0 Å². The lowest BCUT2D eigenvalue weighted by Crippen LogP contribution is -2.29. The first-order valence-corrected chi connectivity index (χ1v) is 7.77. The quantitative estimate of drug-likeness (QED) is 0.832. The van der Waals surface area contributed by atoms with E-state index in [1.165, 1.54) is 0 Å². The molecule has 0 radical (unpaired) electrons. The van der Waals surface area contributed by atoms with E-state index < -0.39 is 11.6 Å². The Morgan fingerprint density at radius 1 is 1.38 bits per heavy atom. The molecule has 6 heteroatoms. The molecule has 1 N–H and O–H groups in total. The van der Waals surface area contributed by atoms with Crippen LogP contribution in [0.2, 0.25) is 0 Å². The average molecular weight is 296 g/mol. The zero-order valence-electron chi connectivity index (χ0n) is 13.0. The summed E-state index contributed by atoms with van der Waals surface area (Å²) in [5.74, 6) is 0.172. The van der Waals surface area contributed by atoms with Gasteiger partial charge in [-0.3, -0.25) is 4.79 Å². The third kappa shape index (κ3) is 3.10. The van der Waals surface area contributed by atoms with E-state index >= 15 is 0 Å². The summed E-state index contributed by atoms with van der Waals surface area (Å²) in [6.45, 7) is 6.64. The molecule has 2 atom stereocenters. The summed E-state index contributed by atoms with van der Waals surface area (Å²) in [6.07, 6.45) is 3.60. The highest BCUT2D eigenvalue weighted by Gasteiger charge is 2.38. The van der Waals surface area contributed by atoms with E-state index in [1.807, 2.05) is 20.8 Å². The highest BCUT2D eigenvalue weighted by molar-refractivity contribution is 5.70. The van der Waals surface area contributed by atoms with E-state index in [2.05, 4.69) is 10.1 Å². The van der Waals surface area contributed by atoms with Gasteiger partial charge in [-0.05, 0) is 39.0 Å². The molecule has 1 aromatic rings. The molecule has 1 aromatic heterocycles. The lowest BCUT2D eigenvalue weighted by Gasteiger charge is -2.27. The van der Waals surface area contributed by atoms with Gasteiger partial charge in [0.25, 0.3) is 0 Å². The van der Waals surface area contributed by atoms with Gasteiger partial charge in [0.1, 0.15) is 5.60 Å². The van der Waals surface area contributed by atoms with Gasteiger partial charge in [0.05, 0.1) is 5.92 Å². The molecule has 1 aliphatic rings. The summed E-state index contributed by atoms with van der Waals surface area (Å²) in [6, 6.07) is 0. The van der Waals surface area contributed by atoms with Crippen LogP contribution in [0.3, 0.4) is 0 Å². The van der Waals surface area contributed by atoms with Gasteiger partial charge in [-0.2, -0.15) is 4.98 Å². The zero-order chi connectivity index (χ0) is 15.5. The van der Waals surface area contributed by atoms with Gasteiger partial charge in [-0.25, -0.2) is 0 Å². The fourth-order valence-electron chi connectivity index (χ4n) is 3.13. The maximum absolute atomic E-state index is 11.0. The molecule has 1 heterocycles. The second-order valence-electron chi connectivity index (χ2n) is 5.64. The van der Waals surface area contributed by atoms with Crippen molar-refractivity contribution < 1.29 is 19.2 Å². The van der Waals surface area contributed by atoms with Gasteiger partial charge >= 0.3 is 5.97 Å². The topological polar surface area (TPSA) is 85.5 Å². The van der Waals surface area contributed by atoms with E-state index in [9.17, 15) is 4.79 Å². The van der Waals surface area contributed by atoms with Crippen molar-refractivity contribution in [1.82, 2.24) is 10.1 Å². The smallest absolute Gasteiger partial charge is 0.306 e. The predicted octanol–water partition coefficient (Wildman–Crippen LogP) is 3.09. The minimum atomic E-state index is -0.733. The summed E-state index contributed by atoms with van der Waals surface area (Å²) in [5.41, 5.74) is -0.499. The number of aromatic nitrogens is 2. The molecule has 1 saturated carbocycles. The van der Waals surface area contributed by atoms with Crippen LogP contribution in [0.4, 0.5) is 0 Å². The Labute approximate surface area is 124 Å². The molecule has 21 heavy (non-hydrogen) atoms. The molecule has 0 bridgehead atoms. The van der Waals surface area contributed by atoms with Crippen molar-refractivity contribution in [2.24, 2.45) is 5.92 Å². The highest BCUT2D eigenvalue weighted by Crippen LogP contribution is 2.39. The molecule has 118 valence electrons. The van der Waals surface area contributed by atoms with Gasteiger partial charge in [0.15, 0.2) is 0 Å². The second kappa shape index (κ2) is 6.56. The Bertz CT molecular complexity index is 482. The summed E-state index contributed by atoms with van der Waals surface area (Å²) in [7, 11) is 0. The Morgan fingerprint density at radius 3 is 2.62 bits per heavy atom. The molecule has 0 saturated heterocycles. The van der Waals surface area contributed by atoms with Crippen LogP contribution in [0, 0.1) is 5.92 Å². The number of hydrogen-bond acceptors (Lipinski definition) is 5. The first-order valence-electron chi connectivity index (χ1n) is 7.77. The van der Waals surface area contributed by atoms with E-state index in [1.54, 1.807) is 0 Å². The lowest BCUT2D eigenvalue weighted by atomic mass is 9.96. The zero-order valence-corrected chi connectivity index (χ0v) is 13.0. The molecule has 6 nitrogen and oxygen atoms in total. The normalized spacial score (nSPS) is 22.6. The Morgan fingerprint density at radius 2 is 2.10 bits per heavy atom. The third-order valence-corrected chi connectivity index (χ3v) is 4.54. The van der Waals surface area contributed by atoms with Gasteiger partial charge in [-0.15, -0.1) is 0 Å². The third-order valence-electron chi connectivity index (χ3n) is 4.54. The Balaban J connectivity index is 2.16. The largest absolute Gasteiger partial charge is 0.481 e. The second-order valence-corrected chi connectivity index (χ2v) is 5.64. The molecular weight excluding hydrogens is 272 g/mol. The number of ether oxygens (including phenoxy) is 1. The Kier molecular flexibility index (Phi) is 4.98. The van der Waals surface area contributed by atoms with Crippen LogP contribution in [0.15, 0.2) is 4.52 Å². The molecule has 0 aromatic carbocycles. The number of carbonyl (C=O) groups is 1. The molecule has 1 aliphatic carbocycles. The van der Waals surface area contributed by atoms with Crippen LogP contribution in [-0.2, 0) is 15.1 Å². The summed E-state index contributed by atoms with van der Waals surface area (Å²) in [5, 5.41) is 13.2. The van der Waals surface area contributed by atoms with Gasteiger partial charge in [0.2, 0.25) is 11.7 Å². The van der Waals surface area contributed by atoms with Gasteiger partial charge < -0.3 is 14.4 Å². The van der Waals surface area contributed by atoms with Crippen molar-refractivity contribution in [3.63, 3.8) is 0 Å². The van der Waals surface area contributed by atoms with E-state index in [0.717, 1.165) is 19.3 Å². The first-order chi connectivity index (χ1) is 10.1. The fourth-order valence-corrected chi connectivity index (χ4v) is 3.13. The van der Waals surface area contributed by atoms with Crippen LogP contribution < -0.4 is 0 Å². The van der Waals surface area contributed by atoms with E-state index in [-0.39, 0.29) is 11.8 Å². The van der Waals surface area contributed by atoms with E-state index in [4.69, 9.17) is 14.4 Å².